The predicted molar refractivity (Wildman–Crippen MR) is 122 cm³/mol. The Morgan fingerprint density at radius 3 is 2.71 bits per heavy atom. The van der Waals surface area contributed by atoms with Gasteiger partial charge in [0.25, 0.3) is 0 Å². The van der Waals surface area contributed by atoms with Crippen LogP contribution in [0.15, 0.2) is 48.5 Å². The molecule has 0 aliphatic carbocycles. The highest BCUT2D eigenvalue weighted by molar-refractivity contribution is 7.15. The van der Waals surface area contributed by atoms with Gasteiger partial charge in [0.15, 0.2) is 0 Å². The first-order valence-corrected chi connectivity index (χ1v) is 11.3. The number of carbonyl (C=O) groups excluding carboxylic acids is 1. The Kier molecular flexibility index (Phi) is 6.76. The molecule has 2 heterocycles. The van der Waals surface area contributed by atoms with E-state index in [1.165, 1.54) is 12.1 Å². The van der Waals surface area contributed by atoms with E-state index in [1.807, 2.05) is 31.2 Å². The van der Waals surface area contributed by atoms with Gasteiger partial charge in [-0.05, 0) is 55.5 Å². The molecule has 1 aromatic heterocycles. The van der Waals surface area contributed by atoms with Gasteiger partial charge in [-0.2, -0.15) is 0 Å². The van der Waals surface area contributed by atoms with E-state index < -0.39 is 0 Å². The van der Waals surface area contributed by atoms with E-state index in [4.69, 9.17) is 0 Å². The molecule has 6 nitrogen and oxygen atoms in total. The van der Waals surface area contributed by atoms with Crippen LogP contribution in [-0.2, 0) is 6.42 Å². The van der Waals surface area contributed by atoms with E-state index in [0.29, 0.717) is 18.9 Å². The topological polar surface area (TPSA) is 70.2 Å². The summed E-state index contributed by atoms with van der Waals surface area (Å²) >= 11 is 1.58. The van der Waals surface area contributed by atoms with E-state index >= 15 is 0 Å². The summed E-state index contributed by atoms with van der Waals surface area (Å²) in [6.07, 6.45) is 2.78. The molecule has 162 valence electrons. The highest BCUT2D eigenvalue weighted by Gasteiger charge is 2.23. The molecule has 1 aliphatic heterocycles. The smallest absolute Gasteiger partial charge is 0.319 e. The number of benzene rings is 2. The van der Waals surface area contributed by atoms with Gasteiger partial charge in [-0.3, -0.25) is 0 Å². The number of urea groups is 1. The summed E-state index contributed by atoms with van der Waals surface area (Å²) in [5, 5.41) is 16.4. The SMILES string of the molecule is Cc1ccc(NC(=O)NCC2CCCN(c3nnc(Cc4ccc(F)cc4)s3)C2)cc1. The van der Waals surface area contributed by atoms with Gasteiger partial charge in [0.1, 0.15) is 10.8 Å². The van der Waals surface area contributed by atoms with Crippen LogP contribution in [0.25, 0.3) is 0 Å². The minimum Gasteiger partial charge on any atom is -0.346 e. The van der Waals surface area contributed by atoms with Crippen molar-refractivity contribution >= 4 is 28.2 Å². The molecule has 2 aromatic carbocycles. The molecule has 1 saturated heterocycles. The number of aromatic nitrogens is 2. The number of rotatable bonds is 6. The number of carbonyl (C=O) groups is 1. The average molecular weight is 440 g/mol. The van der Waals surface area contributed by atoms with E-state index in [9.17, 15) is 9.18 Å². The van der Waals surface area contributed by atoms with Crippen LogP contribution in [0.5, 0.6) is 0 Å². The van der Waals surface area contributed by atoms with Crippen LogP contribution < -0.4 is 15.5 Å². The fourth-order valence-electron chi connectivity index (χ4n) is 3.68. The minimum absolute atomic E-state index is 0.182. The highest BCUT2D eigenvalue weighted by atomic mass is 32.1. The monoisotopic (exact) mass is 439 g/mol. The van der Waals surface area contributed by atoms with Gasteiger partial charge in [-0.1, -0.05) is 41.2 Å². The number of hydrogen-bond acceptors (Lipinski definition) is 5. The van der Waals surface area contributed by atoms with Crippen LogP contribution in [0.4, 0.5) is 20.0 Å². The molecule has 1 fully saturated rings. The number of nitrogens with zero attached hydrogens (tertiary/aromatic N) is 3. The second-order valence-electron chi connectivity index (χ2n) is 7.94. The molecule has 0 bridgehead atoms. The van der Waals surface area contributed by atoms with E-state index in [2.05, 4.69) is 25.7 Å². The Bertz CT molecular complexity index is 1010. The van der Waals surface area contributed by atoms with Gasteiger partial charge < -0.3 is 15.5 Å². The predicted octanol–water partition coefficient (Wildman–Crippen LogP) is 4.61. The summed E-state index contributed by atoms with van der Waals surface area (Å²) in [6.45, 7) is 4.42. The van der Waals surface area contributed by atoms with Crippen molar-refractivity contribution in [2.75, 3.05) is 29.9 Å². The van der Waals surface area contributed by atoms with Gasteiger partial charge in [0, 0.05) is 31.7 Å². The van der Waals surface area contributed by atoms with Gasteiger partial charge >= 0.3 is 6.03 Å². The first-order valence-electron chi connectivity index (χ1n) is 10.5. The van der Waals surface area contributed by atoms with Crippen LogP contribution in [0, 0.1) is 18.7 Å². The third-order valence-corrected chi connectivity index (χ3v) is 6.36. The Balaban J connectivity index is 1.27. The number of hydrogen-bond donors (Lipinski definition) is 2. The van der Waals surface area contributed by atoms with Crippen LogP contribution in [0.2, 0.25) is 0 Å². The minimum atomic E-state index is -0.234. The van der Waals surface area contributed by atoms with Crippen molar-refractivity contribution in [3.05, 3.63) is 70.5 Å². The molecule has 0 radical (unpaired) electrons. The summed E-state index contributed by atoms with van der Waals surface area (Å²) in [5.41, 5.74) is 2.96. The van der Waals surface area contributed by atoms with Crippen LogP contribution >= 0.6 is 11.3 Å². The molecule has 31 heavy (non-hydrogen) atoms. The molecular weight excluding hydrogens is 413 g/mol. The number of aryl methyl sites for hydroxylation is 1. The van der Waals surface area contributed by atoms with Crippen LogP contribution in [0.3, 0.4) is 0 Å². The zero-order valence-corrected chi connectivity index (χ0v) is 18.3. The molecule has 2 N–H and O–H groups in total. The lowest BCUT2D eigenvalue weighted by atomic mass is 9.98. The zero-order chi connectivity index (χ0) is 21.6. The van der Waals surface area contributed by atoms with Crippen molar-refractivity contribution in [1.82, 2.24) is 15.5 Å². The molecular formula is C23H26FN5OS. The van der Waals surface area contributed by atoms with Gasteiger partial charge in [-0.15, -0.1) is 10.2 Å². The summed E-state index contributed by atoms with van der Waals surface area (Å²) in [4.78, 5) is 14.5. The number of halogens is 1. The second kappa shape index (κ2) is 9.87. The Hall–Kier alpha value is -3.00. The normalized spacial score (nSPS) is 16.2. The highest BCUT2D eigenvalue weighted by Crippen LogP contribution is 2.27. The number of nitrogens with one attached hydrogen (secondary N) is 2. The number of piperidine rings is 1. The zero-order valence-electron chi connectivity index (χ0n) is 17.5. The van der Waals surface area contributed by atoms with Crippen molar-refractivity contribution in [1.29, 1.82) is 0 Å². The van der Waals surface area contributed by atoms with Crippen molar-refractivity contribution in [2.45, 2.75) is 26.2 Å². The van der Waals surface area contributed by atoms with E-state index in [-0.39, 0.29) is 11.8 Å². The van der Waals surface area contributed by atoms with Crippen molar-refractivity contribution < 1.29 is 9.18 Å². The standard InChI is InChI=1S/C23H26FN5OS/c1-16-4-10-20(11-5-16)26-22(30)25-14-18-3-2-12-29(15-18)23-28-27-21(31-23)13-17-6-8-19(24)9-7-17/h4-11,18H,2-3,12-15H2,1H3,(H2,25,26,30). The summed E-state index contributed by atoms with van der Waals surface area (Å²) < 4.78 is 13.1. The largest absolute Gasteiger partial charge is 0.346 e. The number of amides is 2. The van der Waals surface area contributed by atoms with Gasteiger partial charge in [0.05, 0.1) is 0 Å². The third-order valence-electron chi connectivity index (χ3n) is 5.38. The quantitative estimate of drug-likeness (QED) is 0.588. The molecule has 0 saturated carbocycles. The molecule has 3 aromatic rings. The molecule has 1 unspecified atom stereocenters. The van der Waals surface area contributed by atoms with Crippen molar-refractivity contribution in [3.8, 4) is 0 Å². The average Bonchev–Trinajstić information content (AvgIpc) is 3.24. The van der Waals surface area contributed by atoms with E-state index in [1.54, 1.807) is 23.5 Å². The fraction of sp³-hybridized carbons (Fsp3) is 0.348. The lowest BCUT2D eigenvalue weighted by Gasteiger charge is -2.32. The van der Waals surface area contributed by atoms with Crippen LogP contribution in [0.1, 0.15) is 29.0 Å². The molecule has 4 rings (SSSR count). The van der Waals surface area contributed by atoms with Crippen LogP contribution in [-0.4, -0.2) is 35.9 Å². The number of anilines is 2. The molecule has 0 spiro atoms. The molecule has 1 aliphatic rings. The Morgan fingerprint density at radius 1 is 1.16 bits per heavy atom. The van der Waals surface area contributed by atoms with Crippen molar-refractivity contribution in [2.24, 2.45) is 5.92 Å². The first-order chi connectivity index (χ1) is 15.0. The maximum Gasteiger partial charge on any atom is 0.319 e. The Labute approximate surface area is 185 Å². The molecule has 2 amide bonds. The fourth-order valence-corrected chi connectivity index (χ4v) is 4.58. The van der Waals surface area contributed by atoms with E-state index in [0.717, 1.165) is 52.9 Å². The van der Waals surface area contributed by atoms with Gasteiger partial charge in [0.2, 0.25) is 5.13 Å². The molecule has 1 atom stereocenters. The van der Waals surface area contributed by atoms with Gasteiger partial charge in [-0.25, -0.2) is 9.18 Å². The summed E-state index contributed by atoms with van der Waals surface area (Å²) in [5.74, 6) is 0.129. The first kappa shape index (κ1) is 21.2. The maximum absolute atomic E-state index is 13.1. The Morgan fingerprint density at radius 2 is 1.94 bits per heavy atom. The summed E-state index contributed by atoms with van der Waals surface area (Å²) in [6, 6.07) is 14.1. The molecule has 8 heteroatoms. The summed E-state index contributed by atoms with van der Waals surface area (Å²) in [7, 11) is 0. The van der Waals surface area contributed by atoms with Crippen molar-refractivity contribution in [3.63, 3.8) is 0 Å². The second-order valence-corrected chi connectivity index (χ2v) is 8.98. The lowest BCUT2D eigenvalue weighted by molar-refractivity contribution is 0.249. The maximum atomic E-state index is 13.1. The third kappa shape index (κ3) is 6.01. The lowest BCUT2D eigenvalue weighted by Crippen LogP contribution is -2.42.